The lowest BCUT2D eigenvalue weighted by molar-refractivity contribution is 1.43. The lowest BCUT2D eigenvalue weighted by atomic mass is 10.3. The molecule has 2 rings (SSSR count). The first kappa shape index (κ1) is 11.1. The van der Waals surface area contributed by atoms with Crippen LogP contribution in [-0.4, -0.2) is 4.09 Å². The van der Waals surface area contributed by atoms with Gasteiger partial charge in [0.25, 0.3) is 0 Å². The number of halogens is 1. The molecule has 0 spiro atoms. The van der Waals surface area contributed by atoms with Crippen molar-refractivity contribution in [2.75, 3.05) is 0 Å². The molecule has 2 aromatic heterocycles. The quantitative estimate of drug-likeness (QED) is 0.637. The van der Waals surface area contributed by atoms with Crippen LogP contribution in [-0.2, 0) is 0 Å². The predicted octanol–water partition coefficient (Wildman–Crippen LogP) is 3.06. The fourth-order valence-electron chi connectivity index (χ4n) is 1.02. The molecule has 0 unspecified atom stereocenters. The summed E-state index contributed by atoms with van der Waals surface area (Å²) in [6.07, 6.45) is 1.47. The first-order chi connectivity index (χ1) is 7.22. The van der Waals surface area contributed by atoms with Crippen molar-refractivity contribution in [2.45, 2.75) is 6.92 Å². The highest BCUT2D eigenvalue weighted by atomic mass is 35.5. The van der Waals surface area contributed by atoms with Crippen molar-refractivity contribution in [3.05, 3.63) is 35.9 Å². The van der Waals surface area contributed by atoms with Gasteiger partial charge in [-0.1, -0.05) is 6.08 Å². The van der Waals surface area contributed by atoms with E-state index >= 15 is 0 Å². The van der Waals surface area contributed by atoms with Crippen LogP contribution >= 0.6 is 11.8 Å². The monoisotopic (exact) mass is 217 g/mol. The molecule has 0 aromatic carbocycles. The van der Waals surface area contributed by atoms with E-state index in [2.05, 4.69) is 0 Å². The van der Waals surface area contributed by atoms with E-state index in [1.165, 1.54) is 6.08 Å². The summed E-state index contributed by atoms with van der Waals surface area (Å²) in [5.74, 6) is 0. The van der Waals surface area contributed by atoms with E-state index in [1.807, 2.05) is 24.3 Å². The summed E-state index contributed by atoms with van der Waals surface area (Å²) in [5, 5.41) is 16.0. The number of nitrogens with zero attached hydrogens (tertiary/aromatic N) is 3. The fourth-order valence-corrected chi connectivity index (χ4v) is 1.24. The standard InChI is InChI=1S/C6H4ClN.C5H4N2/c7-8-5-1-2-6(8)4-3-5;1-2-5(3-6)4-7/h1-4H;2H,1H3. The highest BCUT2D eigenvalue weighted by Crippen LogP contribution is 2.16. The van der Waals surface area contributed by atoms with Gasteiger partial charge in [0.2, 0.25) is 0 Å². The number of benzene rings is 1. The molecular formula is C11H8ClN3. The number of nitriles is 2. The summed E-state index contributed by atoms with van der Waals surface area (Å²) >= 11 is 5.71. The fraction of sp³-hybridized carbons (Fsp3) is 0.0909. The van der Waals surface area contributed by atoms with E-state index in [-0.39, 0.29) is 5.57 Å². The molecule has 0 radical (unpaired) electrons. The van der Waals surface area contributed by atoms with Crippen LogP contribution in [0, 0.1) is 22.7 Å². The largest absolute Gasteiger partial charge is 0.254 e. The minimum absolute atomic E-state index is 0.167. The van der Waals surface area contributed by atoms with Gasteiger partial charge < -0.3 is 0 Å². The number of allylic oxidation sites excluding steroid dienone is 2. The van der Waals surface area contributed by atoms with E-state index in [1.54, 1.807) is 23.1 Å². The average Bonchev–Trinajstić information content (AvgIpc) is 2.80. The van der Waals surface area contributed by atoms with Crippen molar-refractivity contribution in [3.8, 4) is 12.1 Å². The Morgan fingerprint density at radius 3 is 1.67 bits per heavy atom. The van der Waals surface area contributed by atoms with Gasteiger partial charge in [-0.3, -0.25) is 4.09 Å². The van der Waals surface area contributed by atoms with Crippen molar-refractivity contribution in [1.82, 2.24) is 4.09 Å². The zero-order chi connectivity index (χ0) is 11.3. The second-order valence-corrected chi connectivity index (χ2v) is 3.06. The van der Waals surface area contributed by atoms with Crippen LogP contribution in [0.3, 0.4) is 0 Å². The van der Waals surface area contributed by atoms with Crippen LogP contribution in [0.15, 0.2) is 35.9 Å². The number of hydrogen-bond acceptors (Lipinski definition) is 2. The summed E-state index contributed by atoms with van der Waals surface area (Å²) in [7, 11) is 0. The second kappa shape index (κ2) is 5.05. The van der Waals surface area contributed by atoms with E-state index in [0.29, 0.717) is 0 Å². The zero-order valence-electron chi connectivity index (χ0n) is 8.11. The minimum atomic E-state index is 0.167. The summed E-state index contributed by atoms with van der Waals surface area (Å²) < 4.78 is 1.64. The molecule has 2 aromatic rings. The number of rotatable bonds is 0. The molecule has 74 valence electrons. The molecule has 0 atom stereocenters. The third-order valence-electron chi connectivity index (χ3n) is 1.83. The molecule has 0 saturated carbocycles. The maximum Gasteiger partial charge on any atom is 0.125 e. The number of fused-ring (bicyclic) bond motifs is 2. The minimum Gasteiger partial charge on any atom is -0.254 e. The van der Waals surface area contributed by atoms with Crippen LogP contribution in [0.1, 0.15) is 6.92 Å². The van der Waals surface area contributed by atoms with E-state index < -0.39 is 0 Å². The Hall–Kier alpha value is -1.97. The van der Waals surface area contributed by atoms with Crippen LogP contribution < -0.4 is 0 Å². The van der Waals surface area contributed by atoms with Crippen molar-refractivity contribution >= 4 is 22.8 Å². The molecule has 15 heavy (non-hydrogen) atoms. The number of aromatic nitrogens is 1. The summed E-state index contributed by atoms with van der Waals surface area (Å²) in [5.41, 5.74) is 2.31. The Balaban J connectivity index is 0.000000153. The Labute approximate surface area is 92.9 Å². The smallest absolute Gasteiger partial charge is 0.125 e. The van der Waals surface area contributed by atoms with Crippen molar-refractivity contribution in [1.29, 1.82) is 10.5 Å². The molecule has 0 N–H and O–H groups in total. The van der Waals surface area contributed by atoms with Gasteiger partial charge >= 0.3 is 0 Å². The number of hydrogen-bond donors (Lipinski definition) is 0. The third-order valence-corrected chi connectivity index (χ3v) is 2.22. The van der Waals surface area contributed by atoms with Gasteiger partial charge in [0.15, 0.2) is 0 Å². The van der Waals surface area contributed by atoms with Crippen molar-refractivity contribution in [3.63, 3.8) is 0 Å². The summed E-state index contributed by atoms with van der Waals surface area (Å²) in [6.45, 7) is 1.65. The Kier molecular flexibility index (Phi) is 3.74. The SMILES string of the molecule is CC=C(C#N)C#N.Cln1c2ccc1cc2. The lowest BCUT2D eigenvalue weighted by Gasteiger charge is -1.80. The maximum atomic E-state index is 7.99. The van der Waals surface area contributed by atoms with E-state index in [4.69, 9.17) is 22.3 Å². The van der Waals surface area contributed by atoms with Gasteiger partial charge in [-0.2, -0.15) is 10.5 Å². The molecule has 2 heterocycles. The van der Waals surface area contributed by atoms with Gasteiger partial charge in [-0.25, -0.2) is 0 Å². The van der Waals surface area contributed by atoms with E-state index in [0.717, 1.165) is 11.0 Å². The Morgan fingerprint density at radius 2 is 1.60 bits per heavy atom. The van der Waals surface area contributed by atoms with Gasteiger partial charge in [0, 0.05) is 11.8 Å². The molecule has 2 bridgehead atoms. The van der Waals surface area contributed by atoms with Crippen molar-refractivity contribution < 1.29 is 0 Å². The third kappa shape index (κ3) is 2.49. The Morgan fingerprint density at radius 1 is 1.20 bits per heavy atom. The van der Waals surface area contributed by atoms with Gasteiger partial charge in [-0.05, 0) is 31.2 Å². The molecule has 0 aliphatic carbocycles. The molecule has 0 amide bonds. The highest BCUT2D eigenvalue weighted by molar-refractivity contribution is 6.20. The molecule has 0 saturated heterocycles. The Bertz CT molecular complexity index is 475. The lowest BCUT2D eigenvalue weighted by Crippen LogP contribution is -1.66. The van der Waals surface area contributed by atoms with Crippen molar-refractivity contribution in [2.24, 2.45) is 0 Å². The second-order valence-electron chi connectivity index (χ2n) is 2.72. The first-order valence-corrected chi connectivity index (χ1v) is 4.59. The molecule has 3 nitrogen and oxygen atoms in total. The summed E-state index contributed by atoms with van der Waals surface area (Å²) in [6, 6.07) is 11.4. The van der Waals surface area contributed by atoms with Gasteiger partial charge in [0.05, 0.1) is 11.0 Å². The van der Waals surface area contributed by atoms with Crippen LogP contribution in [0.5, 0.6) is 0 Å². The topological polar surface area (TPSA) is 52.5 Å². The average molecular weight is 218 g/mol. The van der Waals surface area contributed by atoms with E-state index in [9.17, 15) is 0 Å². The summed E-state index contributed by atoms with van der Waals surface area (Å²) in [4.78, 5) is 0. The molecule has 0 fully saturated rings. The molecule has 0 aliphatic heterocycles. The van der Waals surface area contributed by atoms with Crippen LogP contribution in [0.25, 0.3) is 11.0 Å². The zero-order valence-corrected chi connectivity index (χ0v) is 8.86. The first-order valence-electron chi connectivity index (χ1n) is 4.25. The van der Waals surface area contributed by atoms with Gasteiger partial charge in [0.1, 0.15) is 17.7 Å². The normalized spacial score (nSPS) is 8.53. The molecule has 0 aliphatic rings. The van der Waals surface area contributed by atoms with Crippen LogP contribution in [0.2, 0.25) is 0 Å². The predicted molar refractivity (Wildman–Crippen MR) is 59.4 cm³/mol. The highest BCUT2D eigenvalue weighted by Gasteiger charge is 1.97. The molecule has 4 heteroatoms. The molecular weight excluding hydrogens is 210 g/mol. The van der Waals surface area contributed by atoms with Gasteiger partial charge in [-0.15, -0.1) is 0 Å². The maximum absolute atomic E-state index is 7.99. The van der Waals surface area contributed by atoms with Crippen LogP contribution in [0.4, 0.5) is 0 Å².